The second-order valence-corrected chi connectivity index (χ2v) is 9.12. The van der Waals surface area contributed by atoms with E-state index < -0.39 is 15.2 Å². The van der Waals surface area contributed by atoms with Crippen LogP contribution in [0.1, 0.15) is 13.8 Å². The summed E-state index contributed by atoms with van der Waals surface area (Å²) in [7, 11) is -4.11. The number of hydrogen-bond donors (Lipinski definition) is 1. The lowest BCUT2D eigenvalue weighted by atomic mass is 10.2. The summed E-state index contributed by atoms with van der Waals surface area (Å²) in [6.07, 6.45) is 0. The summed E-state index contributed by atoms with van der Waals surface area (Å²) in [5.41, 5.74) is 1.55. The fourth-order valence-electron chi connectivity index (χ4n) is 2.21. The minimum atomic E-state index is -3.39. The maximum atomic E-state index is 12.7. The normalized spacial score (nSPS) is 12.5. The van der Waals surface area contributed by atoms with Crippen molar-refractivity contribution >= 4 is 25.9 Å². The Labute approximate surface area is 146 Å². The Morgan fingerprint density at radius 2 is 1.52 bits per heavy atom. The van der Waals surface area contributed by atoms with Crippen LogP contribution in [0.4, 0.5) is 0 Å². The van der Waals surface area contributed by atoms with Crippen LogP contribution in [-0.2, 0) is 27.2 Å². The Hall–Kier alpha value is -1.27. The fourth-order valence-corrected chi connectivity index (χ4v) is 4.77. The van der Waals surface area contributed by atoms with Gasteiger partial charge in [-0.1, -0.05) is 12.1 Å². The number of rotatable bonds is 9. The molecule has 10 heteroatoms. The average molecular weight is 388 g/mol. The number of aromatic amines is 1. The topological polar surface area (TPSA) is 99.7 Å². The van der Waals surface area contributed by atoms with Crippen molar-refractivity contribution in [2.24, 2.45) is 0 Å². The molecule has 1 aromatic carbocycles. The molecule has 0 aliphatic rings. The highest BCUT2D eigenvalue weighted by Gasteiger charge is 2.28. The van der Waals surface area contributed by atoms with Crippen LogP contribution in [-0.4, -0.2) is 37.6 Å². The van der Waals surface area contributed by atoms with E-state index in [-0.39, 0.29) is 18.6 Å². The predicted octanol–water partition coefficient (Wildman–Crippen LogP) is 3.08. The highest BCUT2D eigenvalue weighted by Crippen LogP contribution is 2.47. The monoisotopic (exact) mass is 388 g/mol. The SMILES string of the molecule is CCOP(=O)(OCC)c1ccc(-c2cc(P(=O)(OC)OC)[nH]n2)cc1. The Bertz CT molecular complexity index is 772. The van der Waals surface area contributed by atoms with Crippen LogP contribution in [0.3, 0.4) is 0 Å². The molecular weight excluding hydrogens is 366 g/mol. The molecule has 1 N–H and O–H groups in total. The highest BCUT2D eigenvalue weighted by atomic mass is 31.2. The first kappa shape index (κ1) is 20.0. The van der Waals surface area contributed by atoms with E-state index in [1.165, 1.54) is 14.2 Å². The molecule has 0 bridgehead atoms. The summed E-state index contributed by atoms with van der Waals surface area (Å²) in [4.78, 5) is 0. The van der Waals surface area contributed by atoms with Gasteiger partial charge in [0.15, 0.2) is 0 Å². The van der Waals surface area contributed by atoms with Crippen molar-refractivity contribution in [1.29, 1.82) is 0 Å². The van der Waals surface area contributed by atoms with Crippen molar-refractivity contribution in [2.45, 2.75) is 13.8 Å². The second kappa shape index (κ2) is 8.41. The average Bonchev–Trinajstić information content (AvgIpc) is 3.12. The molecule has 0 unspecified atom stereocenters. The molecule has 138 valence electrons. The van der Waals surface area contributed by atoms with E-state index in [0.29, 0.717) is 11.0 Å². The van der Waals surface area contributed by atoms with Gasteiger partial charge in [0.25, 0.3) is 0 Å². The molecule has 0 spiro atoms. The summed E-state index contributed by atoms with van der Waals surface area (Å²) < 4.78 is 45.6. The van der Waals surface area contributed by atoms with E-state index in [4.69, 9.17) is 18.1 Å². The van der Waals surface area contributed by atoms with Crippen molar-refractivity contribution in [3.8, 4) is 11.3 Å². The van der Waals surface area contributed by atoms with Crippen molar-refractivity contribution in [2.75, 3.05) is 27.4 Å². The minimum Gasteiger partial charge on any atom is -0.308 e. The number of nitrogens with one attached hydrogen (secondary N) is 1. The van der Waals surface area contributed by atoms with Gasteiger partial charge in [0, 0.05) is 19.8 Å². The highest BCUT2D eigenvalue weighted by molar-refractivity contribution is 7.62. The molecule has 0 saturated carbocycles. The number of nitrogens with zero attached hydrogens (tertiary/aromatic N) is 1. The lowest BCUT2D eigenvalue weighted by Crippen LogP contribution is -2.10. The largest absolute Gasteiger partial charge is 0.378 e. The number of hydrogen-bond acceptors (Lipinski definition) is 7. The van der Waals surface area contributed by atoms with E-state index in [9.17, 15) is 9.13 Å². The van der Waals surface area contributed by atoms with Gasteiger partial charge in [0.2, 0.25) is 0 Å². The summed E-state index contributed by atoms with van der Waals surface area (Å²) >= 11 is 0. The van der Waals surface area contributed by atoms with Crippen LogP contribution in [0.5, 0.6) is 0 Å². The maximum Gasteiger partial charge on any atom is 0.378 e. The first-order valence-corrected chi connectivity index (χ1v) is 10.8. The van der Waals surface area contributed by atoms with Crippen LogP contribution < -0.4 is 10.7 Å². The molecule has 0 aliphatic carbocycles. The van der Waals surface area contributed by atoms with Crippen molar-refractivity contribution in [3.63, 3.8) is 0 Å². The van der Waals surface area contributed by atoms with Gasteiger partial charge < -0.3 is 18.1 Å². The van der Waals surface area contributed by atoms with E-state index >= 15 is 0 Å². The van der Waals surface area contributed by atoms with Gasteiger partial charge in [-0.05, 0) is 32.0 Å². The van der Waals surface area contributed by atoms with Gasteiger partial charge in [-0.3, -0.25) is 14.2 Å². The van der Waals surface area contributed by atoms with Gasteiger partial charge in [0.05, 0.1) is 24.2 Å². The molecule has 0 saturated heterocycles. The molecule has 0 radical (unpaired) electrons. The number of aromatic nitrogens is 2. The smallest absolute Gasteiger partial charge is 0.308 e. The maximum absolute atomic E-state index is 12.7. The van der Waals surface area contributed by atoms with Crippen LogP contribution in [0.25, 0.3) is 11.3 Å². The van der Waals surface area contributed by atoms with Gasteiger partial charge in [-0.15, -0.1) is 0 Å². The van der Waals surface area contributed by atoms with Gasteiger partial charge in [-0.2, -0.15) is 5.10 Å². The molecule has 0 amide bonds. The first-order valence-electron chi connectivity index (χ1n) is 7.70. The van der Waals surface area contributed by atoms with Gasteiger partial charge in [0.1, 0.15) is 5.44 Å². The Balaban J connectivity index is 2.30. The molecule has 0 fully saturated rings. The molecule has 0 atom stereocenters. The van der Waals surface area contributed by atoms with Crippen LogP contribution >= 0.6 is 15.2 Å². The van der Waals surface area contributed by atoms with Gasteiger partial charge >= 0.3 is 15.2 Å². The Kier molecular flexibility index (Phi) is 6.74. The third kappa shape index (κ3) is 4.29. The molecule has 1 heterocycles. The van der Waals surface area contributed by atoms with E-state index in [1.54, 1.807) is 44.2 Å². The summed E-state index contributed by atoms with van der Waals surface area (Å²) in [6, 6.07) is 8.41. The Morgan fingerprint density at radius 1 is 0.960 bits per heavy atom. The summed E-state index contributed by atoms with van der Waals surface area (Å²) in [5, 5.41) is 7.26. The van der Waals surface area contributed by atoms with Crippen LogP contribution in [0.15, 0.2) is 30.3 Å². The molecule has 0 aliphatic heterocycles. The van der Waals surface area contributed by atoms with E-state index in [2.05, 4.69) is 10.2 Å². The van der Waals surface area contributed by atoms with E-state index in [1.807, 2.05) is 0 Å². The third-order valence-electron chi connectivity index (χ3n) is 3.42. The van der Waals surface area contributed by atoms with E-state index in [0.717, 1.165) is 5.56 Å². The van der Waals surface area contributed by atoms with Crippen LogP contribution in [0, 0.1) is 0 Å². The minimum absolute atomic E-state index is 0.255. The van der Waals surface area contributed by atoms with Crippen molar-refractivity contribution in [3.05, 3.63) is 30.3 Å². The predicted molar refractivity (Wildman–Crippen MR) is 95.8 cm³/mol. The third-order valence-corrected chi connectivity index (χ3v) is 7.32. The summed E-state index contributed by atoms with van der Waals surface area (Å²) in [5.74, 6) is 0. The second-order valence-electron chi connectivity index (χ2n) is 4.88. The molecule has 2 rings (SSSR count). The molecule has 1 aromatic heterocycles. The molecule has 2 aromatic rings. The lowest BCUT2D eigenvalue weighted by molar-refractivity contribution is 0.230. The quantitative estimate of drug-likeness (QED) is 0.659. The number of H-pyrrole nitrogens is 1. The van der Waals surface area contributed by atoms with Crippen molar-refractivity contribution in [1.82, 2.24) is 10.2 Å². The zero-order chi connectivity index (χ0) is 18.5. The lowest BCUT2D eigenvalue weighted by Gasteiger charge is -2.17. The molecular formula is C15H22N2O6P2. The summed E-state index contributed by atoms with van der Waals surface area (Å²) in [6.45, 7) is 4.08. The fraction of sp³-hybridized carbons (Fsp3) is 0.400. The van der Waals surface area contributed by atoms with Gasteiger partial charge in [-0.25, -0.2) is 0 Å². The first-order chi connectivity index (χ1) is 11.9. The zero-order valence-corrected chi connectivity index (χ0v) is 16.4. The molecule has 8 nitrogen and oxygen atoms in total. The van der Waals surface area contributed by atoms with Crippen molar-refractivity contribution < 1.29 is 27.2 Å². The molecule has 25 heavy (non-hydrogen) atoms. The number of benzene rings is 1. The standard InChI is InChI=1S/C15H22N2O6P2/c1-5-22-24(18,23-6-2)13-9-7-12(8-10-13)14-11-15(17-16-14)25(19,20-3)21-4/h7-11H,5-6H2,1-4H3,(H,16,17). The van der Waals surface area contributed by atoms with Crippen LogP contribution in [0.2, 0.25) is 0 Å². The Morgan fingerprint density at radius 3 is 2.00 bits per heavy atom. The zero-order valence-electron chi connectivity index (χ0n) is 14.6.